The molecule has 1 aliphatic heterocycles. The van der Waals surface area contributed by atoms with Crippen LogP contribution in [0, 0.1) is 0 Å². The van der Waals surface area contributed by atoms with Gasteiger partial charge < -0.3 is 9.47 Å². The van der Waals surface area contributed by atoms with Gasteiger partial charge in [-0.05, 0) is 56.2 Å². The summed E-state index contributed by atoms with van der Waals surface area (Å²) >= 11 is 11.8. The molecule has 0 aromatic heterocycles. The predicted molar refractivity (Wildman–Crippen MR) is 107 cm³/mol. The molecule has 0 saturated carbocycles. The summed E-state index contributed by atoms with van der Waals surface area (Å²) in [7, 11) is -1.12. The molecule has 2 aromatic rings. The van der Waals surface area contributed by atoms with Gasteiger partial charge in [0, 0.05) is 16.2 Å². The monoisotopic (exact) mass is 427 g/mol. The number of unbranched alkanes of at least 4 members (excludes halogenated alkanes) is 1. The van der Waals surface area contributed by atoms with E-state index in [2.05, 4.69) is 5.32 Å². The highest BCUT2D eigenvalue weighted by Gasteiger charge is 2.22. The molecule has 0 spiro atoms. The third kappa shape index (κ3) is 5.15. The molecule has 2 aromatic carbocycles. The summed E-state index contributed by atoms with van der Waals surface area (Å²) in [4.78, 5) is 12.0. The molecule has 5 nitrogen and oxygen atoms in total. The average Bonchev–Trinajstić information content (AvgIpc) is 2.63. The number of fused-ring (bicyclic) bond motifs is 1. The highest BCUT2D eigenvalue weighted by molar-refractivity contribution is 7.85. The summed E-state index contributed by atoms with van der Waals surface area (Å²) in [6.45, 7) is 2.33. The Kier molecular flexibility index (Phi) is 6.63. The van der Waals surface area contributed by atoms with Crippen molar-refractivity contribution in [2.45, 2.75) is 30.8 Å². The maximum absolute atomic E-state index is 12.3. The first-order valence-electron chi connectivity index (χ1n) is 8.52. The van der Waals surface area contributed by atoms with Crippen molar-refractivity contribution in [1.29, 1.82) is 0 Å². The van der Waals surface area contributed by atoms with E-state index in [4.69, 9.17) is 32.7 Å². The fourth-order valence-corrected chi connectivity index (χ4v) is 4.24. The number of cyclic esters (lactones) is 1. The van der Waals surface area contributed by atoms with Gasteiger partial charge in [-0.2, -0.15) is 0 Å². The molecule has 8 heteroatoms. The minimum absolute atomic E-state index is 0.314. The lowest BCUT2D eigenvalue weighted by Crippen LogP contribution is -2.23. The third-order valence-corrected chi connectivity index (χ3v) is 6.31. The van der Waals surface area contributed by atoms with Crippen LogP contribution in [-0.2, 0) is 15.5 Å². The topological polar surface area (TPSA) is 64.6 Å². The molecule has 1 aliphatic rings. The van der Waals surface area contributed by atoms with Crippen molar-refractivity contribution in [3.8, 4) is 5.75 Å². The van der Waals surface area contributed by atoms with Gasteiger partial charge in [0.2, 0.25) is 0 Å². The van der Waals surface area contributed by atoms with Gasteiger partial charge in [0.05, 0.1) is 33.1 Å². The Morgan fingerprint density at radius 2 is 1.96 bits per heavy atom. The zero-order valence-corrected chi connectivity index (χ0v) is 17.0. The molecule has 2 atom stereocenters. The lowest BCUT2D eigenvalue weighted by atomic mass is 10.1. The molecule has 1 heterocycles. The molecular formula is C19H19Cl2NO4S. The van der Waals surface area contributed by atoms with Crippen LogP contribution in [0.15, 0.2) is 41.3 Å². The number of nitrogens with one attached hydrogen (secondary N) is 1. The van der Waals surface area contributed by atoms with Crippen LogP contribution in [0.1, 0.15) is 31.4 Å². The van der Waals surface area contributed by atoms with Gasteiger partial charge in [-0.3, -0.25) is 9.53 Å². The second-order valence-corrected chi connectivity index (χ2v) is 8.49. The molecule has 3 rings (SSSR count). The Morgan fingerprint density at radius 1 is 1.15 bits per heavy atom. The van der Waals surface area contributed by atoms with Crippen molar-refractivity contribution in [2.24, 2.45) is 0 Å². The first-order chi connectivity index (χ1) is 12.9. The molecule has 0 radical (unpaired) electrons. The highest BCUT2D eigenvalue weighted by Crippen LogP contribution is 2.33. The fraction of sp³-hybridized carbons (Fsp3) is 0.316. The van der Waals surface area contributed by atoms with E-state index in [0.29, 0.717) is 33.0 Å². The van der Waals surface area contributed by atoms with Crippen molar-refractivity contribution in [3.63, 3.8) is 0 Å². The van der Waals surface area contributed by atoms with Gasteiger partial charge in [-0.1, -0.05) is 23.2 Å². The number of amides is 1. The van der Waals surface area contributed by atoms with E-state index in [9.17, 15) is 9.00 Å². The Bertz CT molecular complexity index is 875. The zero-order chi connectivity index (χ0) is 19.4. The second kappa shape index (κ2) is 8.95. The lowest BCUT2D eigenvalue weighted by molar-refractivity contribution is 0.116. The number of hydrogen-bond acceptors (Lipinski definition) is 4. The van der Waals surface area contributed by atoms with Crippen LogP contribution >= 0.6 is 23.2 Å². The molecule has 27 heavy (non-hydrogen) atoms. The van der Waals surface area contributed by atoms with E-state index in [0.717, 1.165) is 24.1 Å². The molecule has 0 bridgehead atoms. The number of rotatable bonds is 7. The van der Waals surface area contributed by atoms with E-state index >= 15 is 0 Å². The largest absolute Gasteiger partial charge is 0.494 e. The van der Waals surface area contributed by atoms with Gasteiger partial charge in [-0.25, -0.2) is 4.79 Å². The predicted octanol–water partition coefficient (Wildman–Crippen LogP) is 5.58. The number of halogens is 2. The van der Waals surface area contributed by atoms with Gasteiger partial charge >= 0.3 is 6.09 Å². The molecule has 144 valence electrons. The minimum atomic E-state index is -1.12. The van der Waals surface area contributed by atoms with Gasteiger partial charge in [-0.15, -0.1) is 0 Å². The van der Waals surface area contributed by atoms with Crippen LogP contribution in [0.2, 0.25) is 10.0 Å². The Morgan fingerprint density at radius 3 is 2.74 bits per heavy atom. The first kappa shape index (κ1) is 20.0. The SMILES string of the molecule is CC1OC(=O)Nc2ccc(OCCCCS(=O)c3ccc(Cl)c(Cl)c3)cc21. The first-order valence-corrected chi connectivity index (χ1v) is 10.6. The zero-order valence-electron chi connectivity index (χ0n) is 14.7. The number of ether oxygens (including phenoxy) is 2. The van der Waals surface area contributed by atoms with Crippen molar-refractivity contribution < 1.29 is 18.5 Å². The maximum atomic E-state index is 12.3. The van der Waals surface area contributed by atoms with E-state index in [1.165, 1.54) is 0 Å². The van der Waals surface area contributed by atoms with Crippen LogP contribution in [0.25, 0.3) is 0 Å². The fourth-order valence-electron chi connectivity index (χ4n) is 2.71. The Hall–Kier alpha value is -1.76. The summed E-state index contributed by atoms with van der Waals surface area (Å²) in [6.07, 6.45) is 0.768. The summed E-state index contributed by atoms with van der Waals surface area (Å²) in [5, 5.41) is 3.52. The van der Waals surface area contributed by atoms with E-state index < -0.39 is 16.9 Å². The van der Waals surface area contributed by atoms with Crippen LogP contribution in [0.5, 0.6) is 5.75 Å². The molecule has 1 amide bonds. The normalized spacial score (nSPS) is 16.9. The molecule has 0 aliphatic carbocycles. The Balaban J connectivity index is 1.45. The van der Waals surface area contributed by atoms with Crippen LogP contribution in [0.3, 0.4) is 0 Å². The second-order valence-electron chi connectivity index (χ2n) is 6.10. The van der Waals surface area contributed by atoms with E-state index in [-0.39, 0.29) is 6.10 Å². The number of hydrogen-bond donors (Lipinski definition) is 1. The third-order valence-electron chi connectivity index (χ3n) is 4.13. The molecule has 2 unspecified atom stereocenters. The summed E-state index contributed by atoms with van der Waals surface area (Å²) in [6, 6.07) is 10.5. The maximum Gasteiger partial charge on any atom is 0.412 e. The number of anilines is 1. The van der Waals surface area contributed by atoms with Crippen molar-refractivity contribution in [3.05, 3.63) is 52.0 Å². The molecule has 1 N–H and O–H groups in total. The smallest absolute Gasteiger partial charge is 0.412 e. The number of carbonyl (C=O) groups excluding carboxylic acids is 1. The summed E-state index contributed by atoms with van der Waals surface area (Å²) in [5.74, 6) is 1.24. The Labute approximate surface area is 170 Å². The highest BCUT2D eigenvalue weighted by atomic mass is 35.5. The molecule has 0 saturated heterocycles. The van der Waals surface area contributed by atoms with Gasteiger partial charge in [0.1, 0.15) is 11.9 Å². The van der Waals surface area contributed by atoms with Gasteiger partial charge in [0.25, 0.3) is 0 Å². The van der Waals surface area contributed by atoms with Gasteiger partial charge in [0.15, 0.2) is 0 Å². The van der Waals surface area contributed by atoms with Crippen LogP contribution < -0.4 is 10.1 Å². The van der Waals surface area contributed by atoms with Crippen LogP contribution in [0.4, 0.5) is 10.5 Å². The standard InChI is InChI=1S/C19H19Cl2NO4S/c1-12-15-10-13(4-7-18(15)22-19(23)26-12)25-8-2-3-9-27(24)14-5-6-16(20)17(21)11-14/h4-7,10-12H,2-3,8-9H2,1H3,(H,22,23). The lowest BCUT2D eigenvalue weighted by Gasteiger charge is -2.23. The molecular weight excluding hydrogens is 409 g/mol. The number of carbonyl (C=O) groups is 1. The van der Waals surface area contributed by atoms with Crippen molar-refractivity contribution >= 4 is 45.8 Å². The van der Waals surface area contributed by atoms with Crippen molar-refractivity contribution in [1.82, 2.24) is 0 Å². The van der Waals surface area contributed by atoms with E-state index in [1.54, 1.807) is 24.3 Å². The summed E-state index contributed by atoms with van der Waals surface area (Å²) in [5.41, 5.74) is 1.62. The number of benzene rings is 2. The molecule has 0 fully saturated rings. The average molecular weight is 428 g/mol. The van der Waals surface area contributed by atoms with Crippen molar-refractivity contribution in [2.75, 3.05) is 17.7 Å². The quantitative estimate of drug-likeness (QED) is 0.585. The minimum Gasteiger partial charge on any atom is -0.494 e. The summed E-state index contributed by atoms with van der Waals surface area (Å²) < 4.78 is 23.2. The van der Waals surface area contributed by atoms with Crippen LogP contribution in [-0.4, -0.2) is 22.7 Å². The van der Waals surface area contributed by atoms with E-state index in [1.807, 2.05) is 19.1 Å².